The molecule has 0 bridgehead atoms. The molecule has 10 nitrogen and oxygen atoms in total. The summed E-state index contributed by atoms with van der Waals surface area (Å²) in [6.45, 7) is 6.31. The number of ether oxygens (including phenoxy) is 4. The minimum Gasteiger partial charge on any atom is -0.486 e. The van der Waals surface area contributed by atoms with E-state index < -0.39 is 22.2 Å². The van der Waals surface area contributed by atoms with Gasteiger partial charge < -0.3 is 23.8 Å². The second kappa shape index (κ2) is 10.6. The second-order valence-corrected chi connectivity index (χ2v) is 8.71. The van der Waals surface area contributed by atoms with Gasteiger partial charge in [0.25, 0.3) is 5.69 Å². The van der Waals surface area contributed by atoms with Gasteiger partial charge in [-0.3, -0.25) is 10.1 Å². The fraction of sp³-hybridized carbons (Fsp3) is 0.600. The highest BCUT2D eigenvalue weighted by Crippen LogP contribution is 2.37. The maximum Gasteiger partial charge on any atom is 0.410 e. The summed E-state index contributed by atoms with van der Waals surface area (Å²) in [6, 6.07) is 2.45. The smallest absolute Gasteiger partial charge is 0.410 e. The molecular formula is C20H28N2O8S. The molecule has 0 spiro atoms. The number of likely N-dealkylation sites (tertiary alicyclic amines) is 1. The maximum atomic E-state index is 12.2. The highest BCUT2D eigenvalue weighted by atomic mass is 32.2. The van der Waals surface area contributed by atoms with E-state index in [1.165, 1.54) is 23.9 Å². The largest absolute Gasteiger partial charge is 0.486 e. The lowest BCUT2D eigenvalue weighted by Crippen LogP contribution is -2.44. The number of piperidine rings is 1. The molecule has 0 saturated carbocycles. The van der Waals surface area contributed by atoms with Gasteiger partial charge in [0.1, 0.15) is 23.2 Å². The first-order valence-electron chi connectivity index (χ1n) is 9.72. The fourth-order valence-electron chi connectivity index (χ4n) is 2.96. The molecule has 1 aromatic carbocycles. The standard InChI is InChI=1S/C20H28N2O8S/c1-20(2,3)30-19(24)21-8-6-13(7-9-21)29-17-10-14(18(23)27-4)15(22(25)26)11-16(17)28-12-31-5/h10-11,13H,6-9,12H2,1-5H3. The number of carbonyl (C=O) groups excluding carboxylic acids is 2. The van der Waals surface area contributed by atoms with Crippen LogP contribution in [0.1, 0.15) is 44.0 Å². The third kappa shape index (κ3) is 6.91. The Morgan fingerprint density at radius 2 is 1.87 bits per heavy atom. The molecule has 1 aliphatic rings. The van der Waals surface area contributed by atoms with Crippen molar-refractivity contribution in [3.63, 3.8) is 0 Å². The zero-order valence-electron chi connectivity index (χ0n) is 18.3. The van der Waals surface area contributed by atoms with Crippen molar-refractivity contribution in [1.82, 2.24) is 4.90 Å². The maximum absolute atomic E-state index is 12.2. The van der Waals surface area contributed by atoms with Crippen LogP contribution in [0.4, 0.5) is 10.5 Å². The number of benzene rings is 1. The van der Waals surface area contributed by atoms with Gasteiger partial charge in [0, 0.05) is 32.0 Å². The number of carbonyl (C=O) groups is 2. The van der Waals surface area contributed by atoms with E-state index in [4.69, 9.17) is 14.2 Å². The normalized spacial score (nSPS) is 14.7. The molecule has 1 heterocycles. The van der Waals surface area contributed by atoms with Crippen molar-refractivity contribution in [2.45, 2.75) is 45.3 Å². The van der Waals surface area contributed by atoms with E-state index in [1.807, 2.05) is 27.0 Å². The Morgan fingerprint density at radius 1 is 1.23 bits per heavy atom. The third-order valence-corrected chi connectivity index (χ3v) is 4.74. The Kier molecular flexibility index (Phi) is 8.37. The quantitative estimate of drug-likeness (QED) is 0.261. The molecule has 0 atom stereocenters. The van der Waals surface area contributed by atoms with Gasteiger partial charge in [-0.25, -0.2) is 9.59 Å². The SMILES string of the molecule is COC(=O)c1cc(OC2CCN(C(=O)OC(C)(C)C)CC2)c(OCSC)cc1[N+](=O)[O-]. The summed E-state index contributed by atoms with van der Waals surface area (Å²) in [5, 5.41) is 11.4. The molecule has 2 rings (SSSR count). The van der Waals surface area contributed by atoms with Gasteiger partial charge in [0.05, 0.1) is 18.1 Å². The van der Waals surface area contributed by atoms with Crippen molar-refractivity contribution in [3.8, 4) is 11.5 Å². The summed E-state index contributed by atoms with van der Waals surface area (Å²) in [4.78, 5) is 36.7. The number of hydrogen-bond acceptors (Lipinski definition) is 9. The highest BCUT2D eigenvalue weighted by Gasteiger charge is 2.30. The zero-order valence-corrected chi connectivity index (χ0v) is 19.2. The Hall–Kier alpha value is -2.69. The van der Waals surface area contributed by atoms with Crippen LogP contribution in [0.15, 0.2) is 12.1 Å². The number of thioether (sulfide) groups is 1. The number of nitro benzene ring substituents is 1. The molecule has 0 aromatic heterocycles. The third-order valence-electron chi connectivity index (χ3n) is 4.38. The summed E-state index contributed by atoms with van der Waals surface area (Å²) in [6.07, 6.45) is 2.25. The number of hydrogen-bond donors (Lipinski definition) is 0. The first-order valence-corrected chi connectivity index (χ1v) is 11.1. The van der Waals surface area contributed by atoms with Crippen LogP contribution in [0.25, 0.3) is 0 Å². The van der Waals surface area contributed by atoms with Gasteiger partial charge in [-0.05, 0) is 27.0 Å². The highest BCUT2D eigenvalue weighted by molar-refractivity contribution is 7.98. The number of methoxy groups -OCH3 is 1. The molecule has 1 aromatic rings. The summed E-state index contributed by atoms with van der Waals surface area (Å²) < 4.78 is 21.7. The van der Waals surface area contributed by atoms with E-state index >= 15 is 0 Å². The molecule has 1 fully saturated rings. The van der Waals surface area contributed by atoms with Gasteiger partial charge in [0.2, 0.25) is 0 Å². The van der Waals surface area contributed by atoms with E-state index in [9.17, 15) is 19.7 Å². The van der Waals surface area contributed by atoms with Crippen LogP contribution in [0.2, 0.25) is 0 Å². The molecule has 1 amide bonds. The Morgan fingerprint density at radius 3 is 2.39 bits per heavy atom. The lowest BCUT2D eigenvalue weighted by atomic mass is 10.1. The second-order valence-electron chi connectivity index (χ2n) is 7.90. The van der Waals surface area contributed by atoms with Crippen LogP contribution in [0.3, 0.4) is 0 Å². The molecule has 0 unspecified atom stereocenters. The molecular weight excluding hydrogens is 428 g/mol. The Bertz CT molecular complexity index is 816. The summed E-state index contributed by atoms with van der Waals surface area (Å²) in [5.74, 6) is -0.200. The number of amides is 1. The van der Waals surface area contributed by atoms with Crippen LogP contribution < -0.4 is 9.47 Å². The number of esters is 1. The number of rotatable bonds is 7. The first kappa shape index (κ1) is 24.6. The Labute approximate surface area is 185 Å². The molecule has 1 aliphatic heterocycles. The van der Waals surface area contributed by atoms with Crippen molar-refractivity contribution < 1.29 is 33.5 Å². The van der Waals surface area contributed by atoms with Crippen molar-refractivity contribution in [3.05, 3.63) is 27.8 Å². The van der Waals surface area contributed by atoms with Crippen molar-refractivity contribution in [1.29, 1.82) is 0 Å². The van der Waals surface area contributed by atoms with Crippen LogP contribution in [-0.4, -0.2) is 66.0 Å². The van der Waals surface area contributed by atoms with Crippen LogP contribution in [0.5, 0.6) is 11.5 Å². The van der Waals surface area contributed by atoms with Crippen LogP contribution in [-0.2, 0) is 9.47 Å². The molecule has 0 N–H and O–H groups in total. The van der Waals surface area contributed by atoms with Gasteiger partial charge in [0.15, 0.2) is 11.5 Å². The number of nitro groups is 1. The van der Waals surface area contributed by atoms with Gasteiger partial charge in [-0.1, -0.05) is 0 Å². The fourth-order valence-corrected chi connectivity index (χ4v) is 3.21. The molecule has 0 radical (unpaired) electrons. The lowest BCUT2D eigenvalue weighted by Gasteiger charge is -2.33. The minimum atomic E-state index is -0.840. The first-order chi connectivity index (χ1) is 14.6. The van der Waals surface area contributed by atoms with Gasteiger partial charge >= 0.3 is 12.1 Å². The van der Waals surface area contributed by atoms with E-state index in [-0.39, 0.29) is 35.2 Å². The molecule has 11 heteroatoms. The van der Waals surface area contributed by atoms with Gasteiger partial charge in [-0.2, -0.15) is 0 Å². The zero-order chi connectivity index (χ0) is 23.2. The average Bonchev–Trinajstić information content (AvgIpc) is 2.71. The molecule has 0 aliphatic carbocycles. The van der Waals surface area contributed by atoms with E-state index in [1.54, 1.807) is 4.90 Å². The van der Waals surface area contributed by atoms with Crippen LogP contribution >= 0.6 is 11.8 Å². The molecule has 31 heavy (non-hydrogen) atoms. The van der Waals surface area contributed by atoms with Crippen molar-refractivity contribution in [2.75, 3.05) is 32.4 Å². The van der Waals surface area contributed by atoms with Crippen molar-refractivity contribution >= 4 is 29.5 Å². The predicted octanol–water partition coefficient (Wildman–Crippen LogP) is 3.86. The van der Waals surface area contributed by atoms with E-state index in [0.29, 0.717) is 25.9 Å². The lowest BCUT2D eigenvalue weighted by molar-refractivity contribution is -0.385. The minimum absolute atomic E-state index is 0.170. The summed E-state index contributed by atoms with van der Waals surface area (Å²) in [7, 11) is 1.15. The van der Waals surface area contributed by atoms with Crippen LogP contribution in [0, 0.1) is 10.1 Å². The molecule has 1 saturated heterocycles. The van der Waals surface area contributed by atoms with Crippen molar-refractivity contribution in [2.24, 2.45) is 0 Å². The average molecular weight is 457 g/mol. The predicted molar refractivity (Wildman–Crippen MR) is 115 cm³/mol. The van der Waals surface area contributed by atoms with E-state index in [2.05, 4.69) is 4.74 Å². The summed E-state index contributed by atoms with van der Waals surface area (Å²) >= 11 is 1.39. The Balaban J connectivity index is 2.19. The van der Waals surface area contributed by atoms with E-state index in [0.717, 1.165) is 7.11 Å². The monoisotopic (exact) mass is 456 g/mol. The van der Waals surface area contributed by atoms with Gasteiger partial charge in [-0.15, -0.1) is 11.8 Å². The summed E-state index contributed by atoms with van der Waals surface area (Å²) in [5.41, 5.74) is -1.21. The number of nitrogens with zero attached hydrogens (tertiary/aromatic N) is 2. The molecule has 172 valence electrons. The topological polar surface area (TPSA) is 117 Å².